The average molecular weight is 332 g/mol. The van der Waals surface area contributed by atoms with Crippen LogP contribution < -0.4 is 0 Å². The number of unbranched alkanes of at least 4 members (excludes halogenated alkanes) is 14. The van der Waals surface area contributed by atoms with E-state index in [2.05, 4.69) is 13.5 Å². The second-order valence-electron chi connectivity index (χ2n) is 6.67. The van der Waals surface area contributed by atoms with Gasteiger partial charge in [-0.3, -0.25) is 4.79 Å². The van der Waals surface area contributed by atoms with Gasteiger partial charge in [0.2, 0.25) is 0 Å². The van der Waals surface area contributed by atoms with Gasteiger partial charge < -0.3 is 4.74 Å². The maximum atomic E-state index is 11.3. The van der Waals surface area contributed by atoms with E-state index in [0.29, 0.717) is 13.0 Å². The van der Waals surface area contributed by atoms with Crippen LogP contribution in [0, 0.1) is 0 Å². The first-order chi connectivity index (χ1) is 11.3. The summed E-state index contributed by atoms with van der Waals surface area (Å²) in [7, 11) is 0. The van der Waals surface area contributed by atoms with Crippen molar-refractivity contribution >= 4 is 24.8 Å². The van der Waals surface area contributed by atoms with Crippen LogP contribution >= 0.6 is 0 Å². The number of hydrogen-bond donors (Lipinski definition) is 0. The van der Waals surface area contributed by atoms with Crippen molar-refractivity contribution in [2.24, 2.45) is 0 Å². The number of carbonyl (C=O) groups excluding carboxylic acids is 1. The quantitative estimate of drug-likeness (QED) is 0.127. The zero-order chi connectivity index (χ0) is 17.0. The number of hydrogen-bond acceptors (Lipinski definition) is 2. The molecular formula is C21H41LiO2. The fourth-order valence-corrected chi connectivity index (χ4v) is 2.86. The number of ether oxygens (including phenoxy) is 1. The van der Waals surface area contributed by atoms with E-state index in [9.17, 15) is 4.79 Å². The van der Waals surface area contributed by atoms with Crippen LogP contribution in [0.4, 0.5) is 0 Å². The first-order valence-corrected chi connectivity index (χ1v) is 10.1. The van der Waals surface area contributed by atoms with Gasteiger partial charge in [0.1, 0.15) is 6.61 Å². The van der Waals surface area contributed by atoms with Gasteiger partial charge >= 0.3 is 24.8 Å². The third kappa shape index (κ3) is 21.8. The van der Waals surface area contributed by atoms with E-state index in [-0.39, 0.29) is 24.8 Å². The molecule has 0 atom stereocenters. The Hall–Kier alpha value is -0.193. The van der Waals surface area contributed by atoms with Crippen LogP contribution in [0.25, 0.3) is 0 Å². The van der Waals surface area contributed by atoms with Gasteiger partial charge in [0, 0.05) is 6.42 Å². The van der Waals surface area contributed by atoms with Gasteiger partial charge in [0.05, 0.1) is 0 Å². The zero-order valence-electron chi connectivity index (χ0n) is 15.6. The molecular weight excluding hydrogens is 291 g/mol. The minimum absolute atomic E-state index is 0. The Morgan fingerprint density at radius 2 is 1.12 bits per heavy atom. The molecule has 3 heteroatoms. The topological polar surface area (TPSA) is 26.3 Å². The molecule has 0 saturated carbocycles. The summed E-state index contributed by atoms with van der Waals surface area (Å²) in [6.07, 6.45) is 22.4. The minimum atomic E-state index is -0.0837. The number of rotatable bonds is 18. The standard InChI is InChI=1S/C21H40O2.Li.H/c1-3-5-6-7-8-9-10-11-12-13-14-15-16-17-18-19-21(22)23-20-4-2;;/h4H,2-3,5-20H2,1H3;;. The van der Waals surface area contributed by atoms with Crippen LogP contribution in [0.15, 0.2) is 12.7 Å². The summed E-state index contributed by atoms with van der Waals surface area (Å²) in [4.78, 5) is 11.3. The number of carbonyl (C=O) groups is 1. The van der Waals surface area contributed by atoms with E-state index in [1.165, 1.54) is 83.5 Å². The Kier molecular flexibility index (Phi) is 24.7. The molecule has 0 aliphatic rings. The summed E-state index contributed by atoms with van der Waals surface area (Å²) < 4.78 is 4.95. The normalized spacial score (nSPS) is 10.2. The summed E-state index contributed by atoms with van der Waals surface area (Å²) in [6.45, 7) is 6.15. The maximum absolute atomic E-state index is 11.3. The molecule has 0 aliphatic carbocycles. The monoisotopic (exact) mass is 332 g/mol. The molecule has 24 heavy (non-hydrogen) atoms. The predicted molar refractivity (Wildman–Crippen MR) is 108 cm³/mol. The van der Waals surface area contributed by atoms with Crippen LogP contribution in [0.3, 0.4) is 0 Å². The van der Waals surface area contributed by atoms with E-state index in [1.54, 1.807) is 6.08 Å². The summed E-state index contributed by atoms with van der Waals surface area (Å²) >= 11 is 0. The molecule has 0 unspecified atom stereocenters. The Morgan fingerprint density at radius 3 is 1.50 bits per heavy atom. The average Bonchev–Trinajstić information content (AvgIpc) is 2.56. The van der Waals surface area contributed by atoms with E-state index < -0.39 is 0 Å². The summed E-state index contributed by atoms with van der Waals surface area (Å²) in [5, 5.41) is 0. The molecule has 138 valence electrons. The molecule has 0 aliphatic heterocycles. The predicted octanol–water partition coefficient (Wildman–Crippen LogP) is 6.33. The van der Waals surface area contributed by atoms with Crippen LogP contribution in [0.5, 0.6) is 0 Å². The van der Waals surface area contributed by atoms with Gasteiger partial charge in [-0.05, 0) is 6.42 Å². The molecule has 2 nitrogen and oxygen atoms in total. The van der Waals surface area contributed by atoms with Crippen molar-refractivity contribution in [1.29, 1.82) is 0 Å². The molecule has 0 saturated heterocycles. The third-order valence-corrected chi connectivity index (χ3v) is 4.35. The van der Waals surface area contributed by atoms with Crippen molar-refractivity contribution in [3.05, 3.63) is 12.7 Å². The van der Waals surface area contributed by atoms with Gasteiger partial charge in [-0.1, -0.05) is 109 Å². The second kappa shape index (κ2) is 22.8. The van der Waals surface area contributed by atoms with Gasteiger partial charge in [-0.15, -0.1) is 0 Å². The Labute approximate surface area is 163 Å². The molecule has 0 bridgehead atoms. The molecule has 0 rings (SSSR count). The van der Waals surface area contributed by atoms with Gasteiger partial charge in [-0.25, -0.2) is 0 Å². The van der Waals surface area contributed by atoms with Gasteiger partial charge in [0.15, 0.2) is 0 Å². The van der Waals surface area contributed by atoms with Crippen LogP contribution in [0.1, 0.15) is 110 Å². The molecule has 0 amide bonds. The first-order valence-electron chi connectivity index (χ1n) is 10.1. The fourth-order valence-electron chi connectivity index (χ4n) is 2.86. The second-order valence-corrected chi connectivity index (χ2v) is 6.67. The summed E-state index contributed by atoms with van der Waals surface area (Å²) in [5.74, 6) is -0.0837. The zero-order valence-corrected chi connectivity index (χ0v) is 15.6. The van der Waals surface area contributed by atoms with Crippen LogP contribution in [-0.2, 0) is 9.53 Å². The molecule has 0 heterocycles. The van der Waals surface area contributed by atoms with Gasteiger partial charge in [0.25, 0.3) is 0 Å². The Morgan fingerprint density at radius 1 is 0.750 bits per heavy atom. The van der Waals surface area contributed by atoms with Crippen molar-refractivity contribution in [3.8, 4) is 0 Å². The molecule has 0 aromatic heterocycles. The first kappa shape index (κ1) is 26.0. The van der Waals surface area contributed by atoms with E-state index >= 15 is 0 Å². The SMILES string of the molecule is C=CCOC(=O)CCCCCCCCCCCCCCCCC.[LiH]. The summed E-state index contributed by atoms with van der Waals surface area (Å²) in [6, 6.07) is 0. The Bertz CT molecular complexity index is 267. The van der Waals surface area contributed by atoms with Crippen molar-refractivity contribution in [2.75, 3.05) is 6.61 Å². The van der Waals surface area contributed by atoms with Crippen molar-refractivity contribution < 1.29 is 9.53 Å². The third-order valence-electron chi connectivity index (χ3n) is 4.35. The fraction of sp³-hybridized carbons (Fsp3) is 0.857. The van der Waals surface area contributed by atoms with Gasteiger partial charge in [-0.2, -0.15) is 0 Å². The van der Waals surface area contributed by atoms with E-state index in [1.807, 2.05) is 0 Å². The van der Waals surface area contributed by atoms with E-state index in [4.69, 9.17) is 4.74 Å². The number of esters is 1. The molecule has 0 N–H and O–H groups in total. The molecule has 0 fully saturated rings. The molecule has 0 aromatic rings. The van der Waals surface area contributed by atoms with Crippen LogP contribution in [-0.4, -0.2) is 31.4 Å². The van der Waals surface area contributed by atoms with Crippen molar-refractivity contribution in [1.82, 2.24) is 0 Å². The molecule has 0 aromatic carbocycles. The molecule has 0 radical (unpaired) electrons. The van der Waals surface area contributed by atoms with E-state index in [0.717, 1.165) is 12.8 Å². The summed E-state index contributed by atoms with van der Waals surface area (Å²) in [5.41, 5.74) is 0. The Balaban J connectivity index is 0. The van der Waals surface area contributed by atoms with Crippen molar-refractivity contribution in [3.63, 3.8) is 0 Å². The van der Waals surface area contributed by atoms with Crippen molar-refractivity contribution in [2.45, 2.75) is 110 Å². The van der Waals surface area contributed by atoms with Crippen LogP contribution in [0.2, 0.25) is 0 Å². The molecule has 0 spiro atoms.